The predicted octanol–water partition coefficient (Wildman–Crippen LogP) is 6.56. The summed E-state index contributed by atoms with van der Waals surface area (Å²) in [4.78, 5) is 28.9. The Morgan fingerprint density at radius 2 is 1.72 bits per heavy atom. The number of fused-ring (bicyclic) bond motifs is 1. The van der Waals surface area contributed by atoms with Crippen molar-refractivity contribution in [3.63, 3.8) is 0 Å². The number of methoxy groups -OCH3 is 1. The zero-order valence-corrected chi connectivity index (χ0v) is 24.9. The second-order valence-electron chi connectivity index (χ2n) is 12.6. The van der Waals surface area contributed by atoms with Gasteiger partial charge in [0.25, 0.3) is 0 Å². The minimum absolute atomic E-state index is 0.0557. The van der Waals surface area contributed by atoms with Crippen LogP contribution < -0.4 is 4.74 Å². The molecule has 0 aliphatic carbocycles. The number of rotatable bonds is 5. The first-order valence-corrected chi connectivity index (χ1v) is 14.6. The van der Waals surface area contributed by atoms with E-state index in [0.29, 0.717) is 5.92 Å². The lowest BCUT2D eigenvalue weighted by Gasteiger charge is -2.31. The standard InChI is InChI=1S/C31H39N5O2S/c1-30(2,3)22-15-21(16-23(27(22)38-7)31(4,5)6)29-34-25(18-39-29)20-10-13-35(14-11-20)26(37)17-36-19-33-24-9-8-12-32-28(24)36/h8-9,12,15-16,18-20H,10-11,13-14,17H2,1-7H3. The molecule has 1 amide bonds. The number of benzene rings is 1. The van der Waals surface area contributed by atoms with Crippen molar-refractivity contribution in [2.75, 3.05) is 20.2 Å². The molecule has 4 aromatic rings. The zero-order valence-electron chi connectivity index (χ0n) is 24.1. The maximum Gasteiger partial charge on any atom is 0.242 e. The summed E-state index contributed by atoms with van der Waals surface area (Å²) >= 11 is 1.71. The van der Waals surface area contributed by atoms with E-state index in [-0.39, 0.29) is 23.3 Å². The van der Waals surface area contributed by atoms with Crippen LogP contribution in [0.5, 0.6) is 5.75 Å². The van der Waals surface area contributed by atoms with Crippen molar-refractivity contribution < 1.29 is 9.53 Å². The van der Waals surface area contributed by atoms with Gasteiger partial charge in [0, 0.05) is 47.3 Å². The van der Waals surface area contributed by atoms with Crippen molar-refractivity contribution in [3.05, 3.63) is 59.0 Å². The lowest BCUT2D eigenvalue weighted by atomic mass is 9.78. The van der Waals surface area contributed by atoms with Crippen molar-refractivity contribution in [2.24, 2.45) is 0 Å². The van der Waals surface area contributed by atoms with E-state index in [1.165, 1.54) is 11.1 Å². The van der Waals surface area contributed by atoms with Gasteiger partial charge in [-0.25, -0.2) is 15.0 Å². The van der Waals surface area contributed by atoms with Gasteiger partial charge in [0.2, 0.25) is 5.91 Å². The van der Waals surface area contributed by atoms with E-state index in [1.54, 1.807) is 31.0 Å². The van der Waals surface area contributed by atoms with E-state index in [0.717, 1.165) is 59.1 Å². The normalized spacial score (nSPS) is 15.2. The molecule has 0 N–H and O–H groups in total. The number of carbonyl (C=O) groups excluding carboxylic acids is 1. The van der Waals surface area contributed by atoms with Gasteiger partial charge in [-0.1, -0.05) is 41.5 Å². The minimum Gasteiger partial charge on any atom is -0.496 e. The maximum atomic E-state index is 13.0. The summed E-state index contributed by atoms with van der Waals surface area (Å²) in [6, 6.07) is 8.29. The molecule has 3 aromatic heterocycles. The molecule has 0 unspecified atom stereocenters. The molecule has 0 bridgehead atoms. The average Bonchev–Trinajstić information content (AvgIpc) is 3.55. The fraction of sp³-hybridized carbons (Fsp3) is 0.484. The molecular weight excluding hydrogens is 506 g/mol. The van der Waals surface area contributed by atoms with Crippen molar-refractivity contribution >= 4 is 28.4 Å². The van der Waals surface area contributed by atoms with Crippen LogP contribution >= 0.6 is 11.3 Å². The van der Waals surface area contributed by atoms with Gasteiger partial charge < -0.3 is 14.2 Å². The molecule has 0 radical (unpaired) electrons. The SMILES string of the molecule is COc1c(C(C)(C)C)cc(-c2nc(C3CCN(C(=O)Cn4cnc5cccnc54)CC3)cs2)cc1C(C)(C)C. The molecular formula is C31H39N5O2S. The van der Waals surface area contributed by atoms with Gasteiger partial charge in [-0.3, -0.25) is 4.79 Å². The highest BCUT2D eigenvalue weighted by Gasteiger charge is 2.29. The van der Waals surface area contributed by atoms with Gasteiger partial charge >= 0.3 is 0 Å². The fourth-order valence-electron chi connectivity index (χ4n) is 5.38. The van der Waals surface area contributed by atoms with Crippen LogP contribution in [-0.4, -0.2) is 50.5 Å². The van der Waals surface area contributed by atoms with Crippen LogP contribution in [0.2, 0.25) is 0 Å². The molecule has 39 heavy (non-hydrogen) atoms. The Balaban J connectivity index is 1.31. The van der Waals surface area contributed by atoms with Gasteiger partial charge in [-0.2, -0.15) is 0 Å². The van der Waals surface area contributed by atoms with Crippen LogP contribution in [0.25, 0.3) is 21.7 Å². The first-order chi connectivity index (χ1) is 18.5. The topological polar surface area (TPSA) is 73.1 Å². The molecule has 0 spiro atoms. The lowest BCUT2D eigenvalue weighted by Crippen LogP contribution is -2.39. The number of imidazole rings is 1. The van der Waals surface area contributed by atoms with Gasteiger partial charge in [0.1, 0.15) is 22.8 Å². The van der Waals surface area contributed by atoms with Crippen molar-refractivity contribution in [1.29, 1.82) is 0 Å². The van der Waals surface area contributed by atoms with Gasteiger partial charge in [0.15, 0.2) is 5.65 Å². The number of nitrogens with zero attached hydrogens (tertiary/aromatic N) is 5. The average molecular weight is 546 g/mol. The number of ether oxygens (including phenoxy) is 1. The van der Waals surface area contributed by atoms with E-state index in [4.69, 9.17) is 9.72 Å². The molecule has 7 nitrogen and oxygen atoms in total. The monoisotopic (exact) mass is 545 g/mol. The third-order valence-corrected chi connectivity index (χ3v) is 8.53. The smallest absolute Gasteiger partial charge is 0.242 e. The number of likely N-dealkylation sites (tertiary alicyclic amines) is 1. The maximum absolute atomic E-state index is 13.0. The van der Waals surface area contributed by atoms with Crippen LogP contribution in [-0.2, 0) is 22.2 Å². The summed E-state index contributed by atoms with van der Waals surface area (Å²) in [7, 11) is 1.77. The summed E-state index contributed by atoms with van der Waals surface area (Å²) < 4.78 is 7.78. The summed E-state index contributed by atoms with van der Waals surface area (Å²) in [6.45, 7) is 15.1. The minimum atomic E-state index is -0.0557. The van der Waals surface area contributed by atoms with Crippen LogP contribution in [0.3, 0.4) is 0 Å². The molecule has 1 aliphatic rings. The first kappa shape index (κ1) is 27.3. The highest BCUT2D eigenvalue weighted by Crippen LogP contribution is 2.43. The highest BCUT2D eigenvalue weighted by atomic mass is 32.1. The molecule has 5 rings (SSSR count). The predicted molar refractivity (Wildman–Crippen MR) is 158 cm³/mol. The second kappa shape index (κ2) is 10.4. The number of amides is 1. The largest absolute Gasteiger partial charge is 0.496 e. The molecule has 8 heteroatoms. The number of hydrogen-bond acceptors (Lipinski definition) is 6. The summed E-state index contributed by atoms with van der Waals surface area (Å²) in [5, 5.41) is 3.25. The van der Waals surface area contributed by atoms with Crippen LogP contribution in [0.4, 0.5) is 0 Å². The van der Waals surface area contributed by atoms with Crippen molar-refractivity contribution in [2.45, 2.75) is 77.7 Å². The molecule has 1 fully saturated rings. The van der Waals surface area contributed by atoms with Crippen LogP contribution in [0.15, 0.2) is 42.2 Å². The molecule has 1 saturated heterocycles. The lowest BCUT2D eigenvalue weighted by molar-refractivity contribution is -0.132. The molecule has 206 valence electrons. The number of hydrogen-bond donors (Lipinski definition) is 0. The van der Waals surface area contributed by atoms with Crippen LogP contribution in [0, 0.1) is 0 Å². The molecule has 1 aliphatic heterocycles. The van der Waals surface area contributed by atoms with E-state index in [9.17, 15) is 4.79 Å². The number of piperidine rings is 1. The molecule has 0 saturated carbocycles. The number of pyridine rings is 1. The quantitative estimate of drug-likeness (QED) is 0.284. The van der Waals surface area contributed by atoms with Gasteiger partial charge in [0.05, 0.1) is 19.1 Å². The van der Waals surface area contributed by atoms with E-state index >= 15 is 0 Å². The first-order valence-electron chi connectivity index (χ1n) is 13.7. The summed E-state index contributed by atoms with van der Waals surface area (Å²) in [6.07, 6.45) is 5.27. The number of aromatic nitrogens is 4. The number of thiazole rings is 1. The molecule has 4 heterocycles. The van der Waals surface area contributed by atoms with Crippen molar-refractivity contribution in [3.8, 4) is 16.3 Å². The third kappa shape index (κ3) is 5.57. The Morgan fingerprint density at radius 1 is 1.05 bits per heavy atom. The molecule has 0 atom stereocenters. The van der Waals surface area contributed by atoms with Crippen LogP contribution in [0.1, 0.15) is 77.1 Å². The van der Waals surface area contributed by atoms with Gasteiger partial charge in [-0.15, -0.1) is 11.3 Å². The van der Waals surface area contributed by atoms with Crippen molar-refractivity contribution in [1.82, 2.24) is 24.4 Å². The number of carbonyl (C=O) groups is 1. The third-order valence-electron chi connectivity index (χ3n) is 7.62. The summed E-state index contributed by atoms with van der Waals surface area (Å²) in [5.74, 6) is 1.45. The van der Waals surface area contributed by atoms with E-state index in [1.807, 2.05) is 21.6 Å². The van der Waals surface area contributed by atoms with Gasteiger partial charge in [-0.05, 0) is 47.9 Å². The van der Waals surface area contributed by atoms with E-state index < -0.39 is 0 Å². The Bertz CT molecular complexity index is 1450. The Hall–Kier alpha value is -3.26. The fourth-order valence-corrected chi connectivity index (χ4v) is 6.27. The van der Waals surface area contributed by atoms with E-state index in [2.05, 4.69) is 69.0 Å². The Labute approximate surface area is 235 Å². The Morgan fingerprint density at radius 3 is 2.33 bits per heavy atom. The summed E-state index contributed by atoms with van der Waals surface area (Å²) in [5.41, 5.74) is 6.14. The molecule has 1 aromatic carbocycles. The zero-order chi connectivity index (χ0) is 27.9. The Kier molecular flexibility index (Phi) is 7.27. The highest BCUT2D eigenvalue weighted by molar-refractivity contribution is 7.13. The second-order valence-corrected chi connectivity index (χ2v) is 13.4.